The molecule has 1 aliphatic rings. The Labute approximate surface area is 171 Å². The van der Waals surface area contributed by atoms with Crippen LogP contribution < -0.4 is 4.74 Å². The molecular weight excluding hydrogens is 395 g/mol. The summed E-state index contributed by atoms with van der Waals surface area (Å²) in [4.78, 5) is 19.8. The van der Waals surface area contributed by atoms with Gasteiger partial charge < -0.3 is 9.64 Å². The molecule has 1 amide bonds. The molecule has 146 valence electrons. The van der Waals surface area contributed by atoms with E-state index in [0.29, 0.717) is 29.6 Å². The lowest BCUT2D eigenvalue weighted by molar-refractivity contribution is -0.130. The van der Waals surface area contributed by atoms with E-state index in [1.165, 1.54) is 23.0 Å². The second-order valence-corrected chi connectivity index (χ2v) is 8.91. The minimum absolute atomic E-state index is 0.0115. The molecule has 1 saturated heterocycles. The topological polar surface area (TPSA) is 42.4 Å². The monoisotopic (exact) mass is 416 g/mol. The van der Waals surface area contributed by atoms with E-state index in [4.69, 9.17) is 4.74 Å². The minimum atomic E-state index is -0.324. The van der Waals surface area contributed by atoms with Gasteiger partial charge in [0.2, 0.25) is 5.91 Å². The second kappa shape index (κ2) is 8.49. The Hall–Kier alpha value is -2.12. The van der Waals surface area contributed by atoms with Crippen LogP contribution in [0.3, 0.4) is 0 Å². The van der Waals surface area contributed by atoms with Crippen LogP contribution in [0.15, 0.2) is 47.4 Å². The van der Waals surface area contributed by atoms with Crippen molar-refractivity contribution in [1.29, 1.82) is 0 Å². The predicted octanol–water partition coefficient (Wildman–Crippen LogP) is 4.91. The van der Waals surface area contributed by atoms with E-state index in [1.807, 2.05) is 23.1 Å². The van der Waals surface area contributed by atoms with Gasteiger partial charge in [0.05, 0.1) is 10.5 Å². The van der Waals surface area contributed by atoms with Crippen LogP contribution in [0.2, 0.25) is 0 Å². The van der Waals surface area contributed by atoms with E-state index in [0.717, 1.165) is 22.4 Å². The van der Waals surface area contributed by atoms with Crippen LogP contribution in [-0.4, -0.2) is 40.7 Å². The highest BCUT2D eigenvalue weighted by Crippen LogP contribution is 2.31. The summed E-state index contributed by atoms with van der Waals surface area (Å²) in [5.74, 6) is 0.285. The minimum Gasteiger partial charge on any atom is -0.467 e. The number of para-hydroxylation sites is 1. The second-order valence-electron chi connectivity index (χ2n) is 6.87. The largest absolute Gasteiger partial charge is 0.467 e. The molecule has 4 rings (SSSR count). The fourth-order valence-electron chi connectivity index (χ4n) is 3.18. The van der Waals surface area contributed by atoms with Crippen molar-refractivity contribution < 1.29 is 13.9 Å². The van der Waals surface area contributed by atoms with Crippen LogP contribution in [0.25, 0.3) is 10.2 Å². The number of amides is 1. The van der Waals surface area contributed by atoms with Gasteiger partial charge in [-0.2, -0.15) is 4.98 Å². The zero-order valence-corrected chi connectivity index (χ0v) is 17.2. The first-order valence-electron chi connectivity index (χ1n) is 9.27. The van der Waals surface area contributed by atoms with E-state index in [-0.39, 0.29) is 17.8 Å². The highest BCUT2D eigenvalue weighted by Gasteiger charge is 2.25. The molecule has 0 aliphatic carbocycles. The van der Waals surface area contributed by atoms with Crippen LogP contribution in [-0.2, 0) is 4.79 Å². The van der Waals surface area contributed by atoms with E-state index in [1.54, 1.807) is 17.8 Å². The molecule has 0 radical (unpaired) electrons. The van der Waals surface area contributed by atoms with Crippen molar-refractivity contribution in [1.82, 2.24) is 9.88 Å². The first kappa shape index (κ1) is 19.2. The molecule has 4 nitrogen and oxygen atoms in total. The summed E-state index contributed by atoms with van der Waals surface area (Å²) in [6.45, 7) is 3.41. The number of halogens is 1. The highest BCUT2D eigenvalue weighted by molar-refractivity contribution is 8.00. The number of rotatable bonds is 5. The lowest BCUT2D eigenvalue weighted by Crippen LogP contribution is -2.42. The lowest BCUT2D eigenvalue weighted by Gasteiger charge is -2.31. The maximum Gasteiger partial charge on any atom is 0.274 e. The molecule has 2 aromatic carbocycles. The number of carbonyl (C=O) groups excluding carboxylic acids is 1. The van der Waals surface area contributed by atoms with Gasteiger partial charge in [-0.3, -0.25) is 4.79 Å². The Morgan fingerprint density at radius 1 is 1.25 bits per heavy atom. The van der Waals surface area contributed by atoms with E-state index < -0.39 is 0 Å². The molecule has 0 spiro atoms. The Morgan fingerprint density at radius 3 is 2.71 bits per heavy atom. The smallest absolute Gasteiger partial charge is 0.274 e. The van der Waals surface area contributed by atoms with Crippen molar-refractivity contribution in [3.63, 3.8) is 0 Å². The van der Waals surface area contributed by atoms with E-state index >= 15 is 0 Å². The third kappa shape index (κ3) is 4.47. The van der Waals surface area contributed by atoms with Gasteiger partial charge in [-0.25, -0.2) is 4.39 Å². The van der Waals surface area contributed by atoms with E-state index in [2.05, 4.69) is 24.0 Å². The van der Waals surface area contributed by atoms with Crippen molar-refractivity contribution >= 4 is 39.2 Å². The van der Waals surface area contributed by atoms with Crippen molar-refractivity contribution in [2.24, 2.45) is 0 Å². The fourth-order valence-corrected chi connectivity index (χ4v) is 4.88. The number of thioether (sulfide) groups is 1. The number of hydrogen-bond donors (Lipinski definition) is 0. The molecule has 0 bridgehead atoms. The predicted molar refractivity (Wildman–Crippen MR) is 112 cm³/mol. The summed E-state index contributed by atoms with van der Waals surface area (Å²) >= 11 is 2.93. The normalized spacial score (nSPS) is 15.1. The molecule has 7 heteroatoms. The highest BCUT2D eigenvalue weighted by atomic mass is 32.2. The summed E-state index contributed by atoms with van der Waals surface area (Å²) in [6, 6.07) is 13.1. The average molecular weight is 417 g/mol. The fraction of sp³-hybridized carbons (Fsp3) is 0.333. The Bertz CT molecular complexity index is 966. The van der Waals surface area contributed by atoms with Gasteiger partial charge in [-0.15, -0.1) is 11.8 Å². The summed E-state index contributed by atoms with van der Waals surface area (Å²) in [5, 5.41) is 0.500. The van der Waals surface area contributed by atoms with Crippen molar-refractivity contribution in [3.8, 4) is 5.19 Å². The lowest BCUT2D eigenvalue weighted by atomic mass is 10.1. The zero-order valence-electron chi connectivity index (χ0n) is 15.6. The van der Waals surface area contributed by atoms with Gasteiger partial charge in [-0.05, 0) is 31.2 Å². The maximum absolute atomic E-state index is 13.8. The van der Waals surface area contributed by atoms with Gasteiger partial charge in [0, 0.05) is 30.8 Å². The molecule has 1 fully saturated rings. The number of aryl methyl sites for hydroxylation is 1. The molecule has 0 saturated carbocycles. The van der Waals surface area contributed by atoms with Crippen LogP contribution in [0.4, 0.5) is 4.39 Å². The molecule has 3 aromatic rings. The molecule has 1 aliphatic heterocycles. The van der Waals surface area contributed by atoms with Crippen LogP contribution in [0.5, 0.6) is 5.19 Å². The zero-order chi connectivity index (χ0) is 19.5. The Morgan fingerprint density at radius 2 is 2.00 bits per heavy atom. The number of ether oxygens (including phenoxy) is 1. The summed E-state index contributed by atoms with van der Waals surface area (Å²) < 4.78 is 20.5. The molecule has 2 heterocycles. The van der Waals surface area contributed by atoms with Crippen molar-refractivity contribution in [2.75, 3.05) is 18.8 Å². The molecular formula is C21H21FN2O2S2. The number of aromatic nitrogens is 1. The molecule has 1 aromatic heterocycles. The van der Waals surface area contributed by atoms with Gasteiger partial charge in [0.15, 0.2) is 0 Å². The van der Waals surface area contributed by atoms with Crippen LogP contribution in [0.1, 0.15) is 18.4 Å². The van der Waals surface area contributed by atoms with Crippen molar-refractivity contribution in [2.45, 2.75) is 30.8 Å². The average Bonchev–Trinajstić information content (AvgIpc) is 3.12. The van der Waals surface area contributed by atoms with E-state index in [9.17, 15) is 9.18 Å². The SMILES string of the molecule is Cc1ccc(SCC(=O)N2CCC(Oc3nc4c(F)cccc4s3)CC2)cc1. The number of piperidine rings is 1. The molecule has 0 N–H and O–H groups in total. The van der Waals surface area contributed by atoms with Gasteiger partial charge in [-0.1, -0.05) is 35.1 Å². The first-order valence-corrected chi connectivity index (χ1v) is 11.1. The number of hydrogen-bond acceptors (Lipinski definition) is 5. The molecule has 28 heavy (non-hydrogen) atoms. The van der Waals surface area contributed by atoms with Crippen LogP contribution in [0, 0.1) is 12.7 Å². The van der Waals surface area contributed by atoms with Gasteiger partial charge in [0.25, 0.3) is 5.19 Å². The summed E-state index contributed by atoms with van der Waals surface area (Å²) in [7, 11) is 0. The quantitative estimate of drug-likeness (QED) is 0.555. The standard InChI is InChI=1S/C21H21FN2O2S2/c1-14-5-7-16(8-6-14)27-13-19(25)24-11-9-15(10-12-24)26-21-23-20-17(22)3-2-4-18(20)28-21/h2-8,15H,9-13H2,1H3. The van der Waals surface area contributed by atoms with Gasteiger partial charge in [0.1, 0.15) is 17.4 Å². The third-order valence-electron chi connectivity index (χ3n) is 4.80. The Balaban J connectivity index is 1.27. The maximum atomic E-state index is 13.8. The molecule has 0 atom stereocenters. The first-order chi connectivity index (χ1) is 13.6. The number of benzene rings is 2. The van der Waals surface area contributed by atoms with Crippen LogP contribution >= 0.6 is 23.1 Å². The number of nitrogens with zero attached hydrogens (tertiary/aromatic N) is 2. The third-order valence-corrected chi connectivity index (χ3v) is 6.70. The number of likely N-dealkylation sites (tertiary alicyclic amines) is 1. The summed E-state index contributed by atoms with van der Waals surface area (Å²) in [5.41, 5.74) is 1.58. The summed E-state index contributed by atoms with van der Waals surface area (Å²) in [6.07, 6.45) is 1.54. The number of thiazole rings is 1. The molecule has 0 unspecified atom stereocenters. The number of carbonyl (C=O) groups is 1. The number of fused-ring (bicyclic) bond motifs is 1. The van der Waals surface area contributed by atoms with Gasteiger partial charge >= 0.3 is 0 Å². The van der Waals surface area contributed by atoms with Crippen molar-refractivity contribution in [3.05, 3.63) is 53.8 Å². The Kier molecular flexibility index (Phi) is 5.82.